The summed E-state index contributed by atoms with van der Waals surface area (Å²) in [4.78, 5) is 4.12. The van der Waals surface area contributed by atoms with E-state index in [2.05, 4.69) is 16.9 Å². The van der Waals surface area contributed by atoms with Crippen molar-refractivity contribution in [2.45, 2.75) is 13.3 Å². The lowest BCUT2D eigenvalue weighted by Crippen LogP contribution is -1.86. The quantitative estimate of drug-likeness (QED) is 0.719. The molecule has 0 fully saturated rings. The van der Waals surface area contributed by atoms with E-state index in [1.165, 1.54) is 0 Å². The fourth-order valence-electron chi connectivity index (χ4n) is 0.883. The van der Waals surface area contributed by atoms with Gasteiger partial charge < -0.3 is 9.73 Å². The Morgan fingerprint density at radius 3 is 2.82 bits per heavy atom. The molecule has 0 radical (unpaired) electrons. The van der Waals surface area contributed by atoms with E-state index in [1.807, 2.05) is 6.92 Å². The molecule has 1 aromatic heterocycles. The number of aromatic nitrogens is 1. The van der Waals surface area contributed by atoms with Crippen molar-refractivity contribution in [2.75, 3.05) is 12.4 Å². The first-order chi connectivity index (χ1) is 5.31. The Kier molecular flexibility index (Phi) is 2.31. The van der Waals surface area contributed by atoms with Gasteiger partial charge in [-0.3, -0.25) is 0 Å². The monoisotopic (exact) mass is 152 g/mol. The minimum absolute atomic E-state index is 0.553. The number of hydrogen-bond acceptors (Lipinski definition) is 3. The van der Waals surface area contributed by atoms with Crippen molar-refractivity contribution in [3.8, 4) is 0 Å². The molecule has 1 N–H and O–H groups in total. The molecule has 0 atom stereocenters. The van der Waals surface area contributed by atoms with Gasteiger partial charge in [0.15, 0.2) is 0 Å². The van der Waals surface area contributed by atoms with Gasteiger partial charge in [0.05, 0.1) is 0 Å². The number of aryl methyl sites for hydroxylation is 1. The van der Waals surface area contributed by atoms with E-state index < -0.39 is 0 Å². The molecule has 0 saturated heterocycles. The predicted molar refractivity (Wildman–Crippen MR) is 45.5 cm³/mol. The molecule has 0 aliphatic carbocycles. The molecule has 0 bridgehead atoms. The van der Waals surface area contributed by atoms with Crippen molar-refractivity contribution < 1.29 is 4.42 Å². The second-order valence-corrected chi connectivity index (χ2v) is 2.14. The molecule has 0 aliphatic rings. The minimum Gasteiger partial charge on any atom is -0.428 e. The lowest BCUT2D eigenvalue weighted by molar-refractivity contribution is 0.525. The van der Waals surface area contributed by atoms with Crippen molar-refractivity contribution in [2.24, 2.45) is 0 Å². The third-order valence-corrected chi connectivity index (χ3v) is 1.46. The Bertz CT molecular complexity index is 253. The van der Waals surface area contributed by atoms with Crippen LogP contribution in [0.15, 0.2) is 11.0 Å². The molecule has 60 valence electrons. The van der Waals surface area contributed by atoms with Crippen LogP contribution in [0.2, 0.25) is 0 Å². The second-order valence-electron chi connectivity index (χ2n) is 2.14. The molecule has 3 heteroatoms. The van der Waals surface area contributed by atoms with Crippen molar-refractivity contribution in [3.63, 3.8) is 0 Å². The summed E-state index contributed by atoms with van der Waals surface area (Å²) in [6, 6.07) is 0.553. The molecule has 0 amide bonds. The van der Waals surface area contributed by atoms with Gasteiger partial charge in [0, 0.05) is 13.5 Å². The van der Waals surface area contributed by atoms with Crippen LogP contribution >= 0.6 is 0 Å². The molecule has 0 unspecified atom stereocenters. The van der Waals surface area contributed by atoms with Crippen LogP contribution in [0.5, 0.6) is 0 Å². The van der Waals surface area contributed by atoms with Crippen LogP contribution in [0.4, 0.5) is 6.01 Å². The molecule has 1 heterocycles. The van der Waals surface area contributed by atoms with Gasteiger partial charge in [-0.15, -0.1) is 0 Å². The van der Waals surface area contributed by atoms with Gasteiger partial charge in [0.2, 0.25) is 0 Å². The van der Waals surface area contributed by atoms with Crippen LogP contribution < -0.4 is 5.32 Å². The second kappa shape index (κ2) is 3.23. The average Bonchev–Trinajstić information content (AvgIpc) is 2.46. The first kappa shape index (κ1) is 7.85. The van der Waals surface area contributed by atoms with Gasteiger partial charge in [0.25, 0.3) is 6.01 Å². The zero-order chi connectivity index (χ0) is 8.27. The number of rotatable bonds is 3. The maximum absolute atomic E-state index is 5.31. The number of anilines is 1. The normalized spacial score (nSPS) is 9.64. The van der Waals surface area contributed by atoms with Crippen LogP contribution in [0.1, 0.15) is 18.4 Å². The summed E-state index contributed by atoms with van der Waals surface area (Å²) in [6.07, 6.45) is 2.54. The first-order valence-electron chi connectivity index (χ1n) is 3.61. The van der Waals surface area contributed by atoms with Crippen molar-refractivity contribution in [1.82, 2.24) is 4.98 Å². The molecule has 0 saturated carbocycles. The topological polar surface area (TPSA) is 38.1 Å². The van der Waals surface area contributed by atoms with Crippen molar-refractivity contribution >= 4 is 12.1 Å². The Hall–Kier alpha value is -1.25. The summed E-state index contributed by atoms with van der Waals surface area (Å²) < 4.78 is 5.31. The molecule has 0 aromatic carbocycles. The van der Waals surface area contributed by atoms with E-state index in [-0.39, 0.29) is 0 Å². The van der Waals surface area contributed by atoms with E-state index >= 15 is 0 Å². The van der Waals surface area contributed by atoms with Gasteiger partial charge in [0.1, 0.15) is 11.5 Å². The van der Waals surface area contributed by atoms with Crippen molar-refractivity contribution in [3.05, 3.63) is 18.0 Å². The maximum atomic E-state index is 5.31. The van der Waals surface area contributed by atoms with Crippen LogP contribution in [-0.2, 0) is 6.42 Å². The number of oxazole rings is 1. The molecular formula is C8H12N2O. The summed E-state index contributed by atoms with van der Waals surface area (Å²) in [6.45, 7) is 5.66. The zero-order valence-corrected chi connectivity index (χ0v) is 6.85. The molecule has 1 aromatic rings. The van der Waals surface area contributed by atoms with E-state index in [9.17, 15) is 0 Å². The summed E-state index contributed by atoms with van der Waals surface area (Å²) in [5.41, 5.74) is 0.830. The van der Waals surface area contributed by atoms with Gasteiger partial charge >= 0.3 is 0 Å². The third-order valence-electron chi connectivity index (χ3n) is 1.46. The summed E-state index contributed by atoms with van der Waals surface area (Å²) >= 11 is 0. The lowest BCUT2D eigenvalue weighted by Gasteiger charge is -1.88. The highest BCUT2D eigenvalue weighted by atomic mass is 16.4. The minimum atomic E-state index is 0.553. The molecule has 11 heavy (non-hydrogen) atoms. The SMILES string of the molecule is C=Cc1nc(NC)oc1CC. The highest BCUT2D eigenvalue weighted by molar-refractivity contribution is 5.46. The molecule has 0 spiro atoms. The van der Waals surface area contributed by atoms with E-state index in [4.69, 9.17) is 4.42 Å². The van der Waals surface area contributed by atoms with Gasteiger partial charge in [-0.2, -0.15) is 4.98 Å². The van der Waals surface area contributed by atoms with E-state index in [1.54, 1.807) is 13.1 Å². The number of hydrogen-bond donors (Lipinski definition) is 1. The van der Waals surface area contributed by atoms with Crippen molar-refractivity contribution in [1.29, 1.82) is 0 Å². The molecule has 0 aliphatic heterocycles. The Morgan fingerprint density at radius 1 is 1.73 bits per heavy atom. The highest BCUT2D eigenvalue weighted by Gasteiger charge is 2.06. The number of nitrogens with one attached hydrogen (secondary N) is 1. The zero-order valence-electron chi connectivity index (χ0n) is 6.85. The fraction of sp³-hybridized carbons (Fsp3) is 0.375. The molecule has 1 rings (SSSR count). The Morgan fingerprint density at radius 2 is 2.45 bits per heavy atom. The van der Waals surface area contributed by atoms with Gasteiger partial charge in [-0.1, -0.05) is 13.5 Å². The van der Waals surface area contributed by atoms with Crippen LogP contribution in [0.25, 0.3) is 6.08 Å². The number of nitrogens with zero attached hydrogens (tertiary/aromatic N) is 1. The standard InChI is InChI=1S/C8H12N2O/c1-4-6-7(5-2)11-8(9-3)10-6/h4H,1,5H2,2-3H3,(H,9,10). The largest absolute Gasteiger partial charge is 0.428 e. The lowest BCUT2D eigenvalue weighted by atomic mass is 10.3. The fourth-order valence-corrected chi connectivity index (χ4v) is 0.883. The third kappa shape index (κ3) is 1.42. The summed E-state index contributed by atoms with van der Waals surface area (Å²) in [7, 11) is 1.78. The average molecular weight is 152 g/mol. The van der Waals surface area contributed by atoms with Crippen LogP contribution in [0, 0.1) is 0 Å². The first-order valence-corrected chi connectivity index (χ1v) is 3.61. The predicted octanol–water partition coefficient (Wildman–Crippen LogP) is 1.92. The van der Waals surface area contributed by atoms with Crippen LogP contribution in [0.3, 0.4) is 0 Å². The van der Waals surface area contributed by atoms with Gasteiger partial charge in [-0.25, -0.2) is 0 Å². The highest BCUT2D eigenvalue weighted by Crippen LogP contribution is 2.15. The van der Waals surface area contributed by atoms with E-state index in [0.717, 1.165) is 17.9 Å². The molecule has 3 nitrogen and oxygen atoms in total. The van der Waals surface area contributed by atoms with E-state index in [0.29, 0.717) is 6.01 Å². The summed E-state index contributed by atoms with van der Waals surface area (Å²) in [5, 5.41) is 2.83. The van der Waals surface area contributed by atoms with Gasteiger partial charge in [-0.05, 0) is 6.08 Å². The summed E-state index contributed by atoms with van der Waals surface area (Å²) in [5.74, 6) is 0.879. The Balaban J connectivity index is 3.01. The Labute approximate surface area is 66.1 Å². The maximum Gasteiger partial charge on any atom is 0.295 e. The molecular weight excluding hydrogens is 140 g/mol. The smallest absolute Gasteiger partial charge is 0.295 e. The van der Waals surface area contributed by atoms with Crippen LogP contribution in [-0.4, -0.2) is 12.0 Å².